The van der Waals surface area contributed by atoms with Crippen LogP contribution in [0.15, 0.2) is 6.20 Å². The third-order valence-corrected chi connectivity index (χ3v) is 1.99. The lowest BCUT2D eigenvalue weighted by Gasteiger charge is -2.03. The number of nitrogens with zero attached hydrogens (tertiary/aromatic N) is 4. The van der Waals surface area contributed by atoms with Gasteiger partial charge in [0.25, 0.3) is 0 Å². The van der Waals surface area contributed by atoms with Crippen LogP contribution in [0.1, 0.15) is 0 Å². The van der Waals surface area contributed by atoms with Crippen molar-refractivity contribution in [3.63, 3.8) is 0 Å². The molecule has 0 aromatic carbocycles. The van der Waals surface area contributed by atoms with Crippen molar-refractivity contribution in [1.29, 1.82) is 0 Å². The number of nitrogens with one attached hydrogen (secondary N) is 1. The van der Waals surface area contributed by atoms with E-state index in [0.29, 0.717) is 24.6 Å². The first-order valence-corrected chi connectivity index (χ1v) is 4.42. The normalized spacial score (nSPS) is 10.8. The minimum Gasteiger partial charge on any atom is -0.368 e. The molecule has 15 heavy (non-hydrogen) atoms. The summed E-state index contributed by atoms with van der Waals surface area (Å²) in [4.78, 5) is 8.02. The Balaban J connectivity index is 2.64. The third kappa shape index (κ3) is 1.55. The van der Waals surface area contributed by atoms with E-state index in [2.05, 4.69) is 20.5 Å². The van der Waals surface area contributed by atoms with Crippen LogP contribution in [0, 0.1) is 0 Å². The lowest BCUT2D eigenvalue weighted by atomic mass is 10.4. The Morgan fingerprint density at radius 3 is 2.87 bits per heavy atom. The maximum absolute atomic E-state index is 5.53. The smallest absolute Gasteiger partial charge is 0.224 e. The van der Waals surface area contributed by atoms with E-state index in [1.165, 1.54) is 0 Å². The highest BCUT2D eigenvalue weighted by Gasteiger charge is 2.10. The fourth-order valence-electron chi connectivity index (χ4n) is 1.37. The molecule has 0 atom stereocenters. The molecule has 2 rings (SSSR count). The molecule has 2 aromatic heterocycles. The zero-order chi connectivity index (χ0) is 10.8. The van der Waals surface area contributed by atoms with E-state index in [9.17, 15) is 0 Å². The number of hydrogen-bond donors (Lipinski definition) is 4. The van der Waals surface area contributed by atoms with E-state index in [4.69, 9.17) is 17.3 Å². The molecule has 0 amide bonds. The summed E-state index contributed by atoms with van der Waals surface area (Å²) in [5, 5.41) is 4.84. The van der Waals surface area contributed by atoms with Crippen molar-refractivity contribution in [1.82, 2.24) is 19.7 Å². The summed E-state index contributed by atoms with van der Waals surface area (Å²) in [7, 11) is 0. The van der Waals surface area contributed by atoms with Gasteiger partial charge in [0, 0.05) is 6.54 Å². The van der Waals surface area contributed by atoms with Crippen LogP contribution in [0.4, 0.5) is 11.8 Å². The topological polar surface area (TPSA) is 134 Å². The Morgan fingerprint density at radius 2 is 2.20 bits per heavy atom. The number of fused-ring (bicyclic) bond motifs is 1. The summed E-state index contributed by atoms with van der Waals surface area (Å²) >= 11 is 0. The highest BCUT2D eigenvalue weighted by molar-refractivity contribution is 5.87. The van der Waals surface area contributed by atoms with Crippen LogP contribution in [-0.4, -0.2) is 26.3 Å². The van der Waals surface area contributed by atoms with E-state index in [-0.39, 0.29) is 5.95 Å². The monoisotopic (exact) mass is 208 g/mol. The predicted octanol–water partition coefficient (Wildman–Crippen LogP) is -1.35. The average molecular weight is 208 g/mol. The molecule has 0 aliphatic rings. The average Bonchev–Trinajstić information content (AvgIpc) is 2.61. The van der Waals surface area contributed by atoms with Crippen molar-refractivity contribution in [2.24, 2.45) is 11.6 Å². The number of hydrazine groups is 1. The molecule has 0 aliphatic carbocycles. The number of aromatic nitrogens is 4. The molecule has 0 radical (unpaired) electrons. The van der Waals surface area contributed by atoms with Gasteiger partial charge in [0.15, 0.2) is 11.5 Å². The van der Waals surface area contributed by atoms with Crippen LogP contribution >= 0.6 is 0 Å². The summed E-state index contributed by atoms with van der Waals surface area (Å²) in [6.07, 6.45) is 1.62. The minimum atomic E-state index is 0.147. The molecule has 80 valence electrons. The maximum Gasteiger partial charge on any atom is 0.224 e. The first-order valence-electron chi connectivity index (χ1n) is 4.42. The van der Waals surface area contributed by atoms with Crippen LogP contribution in [-0.2, 0) is 6.54 Å². The zero-order valence-electron chi connectivity index (χ0n) is 8.01. The second-order valence-electron chi connectivity index (χ2n) is 2.97. The van der Waals surface area contributed by atoms with Gasteiger partial charge in [0.1, 0.15) is 0 Å². The molecule has 7 N–H and O–H groups in total. The van der Waals surface area contributed by atoms with E-state index in [1.807, 2.05) is 0 Å². The Kier molecular flexibility index (Phi) is 2.35. The van der Waals surface area contributed by atoms with Gasteiger partial charge in [-0.2, -0.15) is 15.1 Å². The fraction of sp³-hybridized carbons (Fsp3) is 0.286. The molecule has 2 heterocycles. The molecule has 2 aromatic rings. The van der Waals surface area contributed by atoms with E-state index < -0.39 is 0 Å². The molecule has 0 spiro atoms. The SMILES string of the molecule is NCCn1ncc2c(NN)nc(N)nc21. The van der Waals surface area contributed by atoms with Crippen LogP contribution in [0.3, 0.4) is 0 Å². The Hall–Kier alpha value is -1.93. The maximum atomic E-state index is 5.53. The van der Waals surface area contributed by atoms with Gasteiger partial charge >= 0.3 is 0 Å². The van der Waals surface area contributed by atoms with E-state index >= 15 is 0 Å². The summed E-state index contributed by atoms with van der Waals surface area (Å²) in [5.41, 5.74) is 14.1. The molecule has 8 heteroatoms. The Morgan fingerprint density at radius 1 is 1.40 bits per heavy atom. The van der Waals surface area contributed by atoms with Crippen LogP contribution in [0.25, 0.3) is 11.0 Å². The van der Waals surface area contributed by atoms with Gasteiger partial charge in [-0.15, -0.1) is 0 Å². The molecule has 8 nitrogen and oxygen atoms in total. The molecular formula is C7H12N8. The molecule has 0 fully saturated rings. The van der Waals surface area contributed by atoms with Crippen molar-refractivity contribution in [2.75, 3.05) is 17.7 Å². The highest BCUT2D eigenvalue weighted by atomic mass is 15.3. The van der Waals surface area contributed by atoms with Gasteiger partial charge in [0.05, 0.1) is 18.1 Å². The Labute approximate surface area is 85.4 Å². The molecule has 0 saturated heterocycles. The molecule has 0 aliphatic heterocycles. The van der Waals surface area contributed by atoms with Crippen LogP contribution < -0.4 is 22.7 Å². The number of nitrogens with two attached hydrogens (primary N) is 3. The fourth-order valence-corrected chi connectivity index (χ4v) is 1.37. The molecule has 0 bridgehead atoms. The zero-order valence-corrected chi connectivity index (χ0v) is 8.01. The number of hydrogen-bond acceptors (Lipinski definition) is 7. The first kappa shape index (κ1) is 9.62. The number of nitrogen functional groups attached to an aromatic ring is 2. The van der Waals surface area contributed by atoms with Crippen molar-refractivity contribution in [2.45, 2.75) is 6.54 Å². The first-order chi connectivity index (χ1) is 7.26. The lowest BCUT2D eigenvalue weighted by Crippen LogP contribution is -2.13. The standard InChI is InChI=1S/C7H12N8/c8-1-2-15-6-4(3-11-15)5(14-10)12-7(9)13-6/h3H,1-2,8,10H2,(H3,9,12,13,14). The third-order valence-electron chi connectivity index (χ3n) is 1.99. The van der Waals surface area contributed by atoms with Gasteiger partial charge in [-0.3, -0.25) is 0 Å². The second-order valence-corrected chi connectivity index (χ2v) is 2.97. The van der Waals surface area contributed by atoms with Gasteiger partial charge in [-0.05, 0) is 0 Å². The van der Waals surface area contributed by atoms with Gasteiger partial charge in [-0.25, -0.2) is 10.5 Å². The second kappa shape index (κ2) is 3.67. The summed E-state index contributed by atoms with van der Waals surface area (Å²) in [5.74, 6) is 5.92. The van der Waals surface area contributed by atoms with Crippen LogP contribution in [0.5, 0.6) is 0 Å². The van der Waals surface area contributed by atoms with Crippen molar-refractivity contribution >= 4 is 22.8 Å². The summed E-state index contributed by atoms with van der Waals surface area (Å²) in [6, 6.07) is 0. The largest absolute Gasteiger partial charge is 0.368 e. The lowest BCUT2D eigenvalue weighted by molar-refractivity contribution is 0.640. The highest BCUT2D eigenvalue weighted by Crippen LogP contribution is 2.19. The van der Waals surface area contributed by atoms with Crippen molar-refractivity contribution in [3.8, 4) is 0 Å². The van der Waals surface area contributed by atoms with Crippen LogP contribution in [0.2, 0.25) is 0 Å². The number of rotatable bonds is 3. The van der Waals surface area contributed by atoms with Gasteiger partial charge < -0.3 is 16.9 Å². The number of anilines is 2. The molecular weight excluding hydrogens is 196 g/mol. The Bertz CT molecular complexity index is 475. The van der Waals surface area contributed by atoms with Gasteiger partial charge in [-0.1, -0.05) is 0 Å². The molecule has 0 unspecified atom stereocenters. The van der Waals surface area contributed by atoms with E-state index in [0.717, 1.165) is 5.39 Å². The molecule has 0 saturated carbocycles. The minimum absolute atomic E-state index is 0.147. The predicted molar refractivity (Wildman–Crippen MR) is 56.6 cm³/mol. The van der Waals surface area contributed by atoms with E-state index in [1.54, 1.807) is 10.9 Å². The van der Waals surface area contributed by atoms with Gasteiger partial charge in [0.2, 0.25) is 5.95 Å². The summed E-state index contributed by atoms with van der Waals surface area (Å²) < 4.78 is 1.66. The van der Waals surface area contributed by atoms with Crippen molar-refractivity contribution < 1.29 is 0 Å². The summed E-state index contributed by atoms with van der Waals surface area (Å²) in [6.45, 7) is 1.05. The quantitative estimate of drug-likeness (QED) is 0.362. The van der Waals surface area contributed by atoms with Crippen molar-refractivity contribution in [3.05, 3.63) is 6.20 Å².